The molecule has 0 radical (unpaired) electrons. The molecule has 1 aliphatic carbocycles. The molecule has 6 nitrogen and oxygen atoms in total. The predicted octanol–water partition coefficient (Wildman–Crippen LogP) is 0.891. The smallest absolute Gasteiger partial charge is 0.266 e. The van der Waals surface area contributed by atoms with Crippen LogP contribution in [0.5, 0.6) is 0 Å². The van der Waals surface area contributed by atoms with Crippen LogP contribution in [0, 0.1) is 0 Å². The van der Waals surface area contributed by atoms with Crippen molar-refractivity contribution in [2.45, 2.75) is 37.6 Å². The first kappa shape index (κ1) is 11.9. The normalized spacial score (nSPS) is 29.5. The van der Waals surface area contributed by atoms with Gasteiger partial charge in [0.1, 0.15) is 0 Å². The van der Waals surface area contributed by atoms with Crippen LogP contribution in [-0.4, -0.2) is 42.5 Å². The Morgan fingerprint density at radius 1 is 1.17 bits per heavy atom. The average Bonchev–Trinajstić information content (AvgIpc) is 2.90. The Balaban J connectivity index is 1.71. The van der Waals surface area contributed by atoms with Gasteiger partial charge in [-0.15, -0.1) is 0 Å². The van der Waals surface area contributed by atoms with Gasteiger partial charge in [-0.25, -0.2) is 0 Å². The zero-order valence-corrected chi connectivity index (χ0v) is 10.5. The van der Waals surface area contributed by atoms with Gasteiger partial charge in [0.25, 0.3) is 5.95 Å². The van der Waals surface area contributed by atoms with E-state index in [0.29, 0.717) is 11.8 Å². The van der Waals surface area contributed by atoms with Gasteiger partial charge in [0.05, 0.1) is 19.1 Å². The van der Waals surface area contributed by atoms with E-state index in [1.807, 2.05) is 0 Å². The summed E-state index contributed by atoms with van der Waals surface area (Å²) in [7, 11) is 0. The molecule has 3 rings (SSSR count). The molecule has 0 aromatic carbocycles. The van der Waals surface area contributed by atoms with Crippen LogP contribution >= 0.6 is 0 Å². The van der Waals surface area contributed by atoms with E-state index in [0.717, 1.165) is 39.1 Å². The van der Waals surface area contributed by atoms with Crippen LogP contribution in [0.15, 0.2) is 4.52 Å². The Morgan fingerprint density at radius 3 is 2.72 bits per heavy atom. The molecule has 0 amide bonds. The molecule has 0 bridgehead atoms. The third-order valence-electron chi connectivity index (χ3n) is 3.86. The number of ether oxygens (including phenoxy) is 1. The molecule has 0 unspecified atom stereocenters. The summed E-state index contributed by atoms with van der Waals surface area (Å²) in [4.78, 5) is 6.62. The lowest BCUT2D eigenvalue weighted by Crippen LogP contribution is -2.37. The Bertz CT molecular complexity index is 389. The largest absolute Gasteiger partial charge is 0.378 e. The Kier molecular flexibility index (Phi) is 3.47. The minimum Gasteiger partial charge on any atom is -0.378 e. The standard InChI is InChI=1S/C12H20N4O2/c13-10-4-2-1-3-9(10)11-14-12(15-18-11)16-5-7-17-8-6-16/h9-10H,1-8,13H2/t9-,10+/m0/s1. The number of hydrogen-bond donors (Lipinski definition) is 1. The lowest BCUT2D eigenvalue weighted by atomic mass is 9.85. The first-order valence-electron chi connectivity index (χ1n) is 6.76. The number of nitrogens with zero attached hydrogens (tertiary/aromatic N) is 3. The molecule has 1 aromatic heterocycles. The second kappa shape index (κ2) is 5.24. The molecule has 1 saturated carbocycles. The van der Waals surface area contributed by atoms with Gasteiger partial charge in [-0.1, -0.05) is 12.8 Å². The Hall–Kier alpha value is -1.14. The quantitative estimate of drug-likeness (QED) is 0.842. The SMILES string of the molecule is N[C@@H]1CCCC[C@@H]1c1nc(N2CCOCC2)no1. The summed E-state index contributed by atoms with van der Waals surface area (Å²) in [5.41, 5.74) is 6.14. The zero-order valence-electron chi connectivity index (χ0n) is 10.5. The number of nitrogens with two attached hydrogens (primary N) is 1. The van der Waals surface area contributed by atoms with Crippen molar-refractivity contribution in [2.24, 2.45) is 5.73 Å². The fourth-order valence-electron chi connectivity index (χ4n) is 2.74. The van der Waals surface area contributed by atoms with Crippen molar-refractivity contribution >= 4 is 5.95 Å². The third kappa shape index (κ3) is 2.35. The van der Waals surface area contributed by atoms with Crippen molar-refractivity contribution in [3.8, 4) is 0 Å². The van der Waals surface area contributed by atoms with Crippen molar-refractivity contribution in [2.75, 3.05) is 31.2 Å². The summed E-state index contributed by atoms with van der Waals surface area (Å²) in [6.45, 7) is 3.12. The van der Waals surface area contributed by atoms with E-state index in [1.54, 1.807) is 0 Å². The average molecular weight is 252 g/mol. The summed E-state index contributed by atoms with van der Waals surface area (Å²) in [5.74, 6) is 1.64. The van der Waals surface area contributed by atoms with E-state index in [9.17, 15) is 0 Å². The maximum atomic E-state index is 6.14. The lowest BCUT2D eigenvalue weighted by Gasteiger charge is -2.26. The third-order valence-corrected chi connectivity index (χ3v) is 3.86. The minimum atomic E-state index is 0.164. The van der Waals surface area contributed by atoms with E-state index in [1.165, 1.54) is 12.8 Å². The maximum absolute atomic E-state index is 6.14. The van der Waals surface area contributed by atoms with E-state index in [-0.39, 0.29) is 12.0 Å². The highest BCUT2D eigenvalue weighted by atomic mass is 16.5. The first-order chi connectivity index (χ1) is 8.84. The van der Waals surface area contributed by atoms with E-state index in [2.05, 4.69) is 15.0 Å². The molecular formula is C12H20N4O2. The molecule has 2 aliphatic rings. The van der Waals surface area contributed by atoms with Crippen LogP contribution in [0.2, 0.25) is 0 Å². The molecule has 2 heterocycles. The molecule has 1 saturated heterocycles. The van der Waals surface area contributed by atoms with E-state index < -0.39 is 0 Å². The molecule has 2 fully saturated rings. The van der Waals surface area contributed by atoms with Gasteiger partial charge >= 0.3 is 0 Å². The summed E-state index contributed by atoms with van der Waals surface area (Å²) in [5, 5.41) is 4.08. The van der Waals surface area contributed by atoms with Gasteiger partial charge < -0.3 is 19.9 Å². The van der Waals surface area contributed by atoms with Crippen molar-refractivity contribution in [3.05, 3.63) is 5.89 Å². The monoisotopic (exact) mass is 252 g/mol. The predicted molar refractivity (Wildman–Crippen MR) is 66.5 cm³/mol. The van der Waals surface area contributed by atoms with Crippen LogP contribution < -0.4 is 10.6 Å². The Morgan fingerprint density at radius 2 is 1.94 bits per heavy atom. The number of hydrogen-bond acceptors (Lipinski definition) is 6. The van der Waals surface area contributed by atoms with Crippen molar-refractivity contribution < 1.29 is 9.26 Å². The van der Waals surface area contributed by atoms with Gasteiger partial charge in [-0.3, -0.25) is 0 Å². The van der Waals surface area contributed by atoms with Crippen LogP contribution in [0.4, 0.5) is 5.95 Å². The number of morpholine rings is 1. The highest BCUT2D eigenvalue weighted by Crippen LogP contribution is 2.31. The number of aromatic nitrogens is 2. The topological polar surface area (TPSA) is 77.4 Å². The van der Waals surface area contributed by atoms with Crippen LogP contribution in [-0.2, 0) is 4.74 Å². The second-order valence-corrected chi connectivity index (χ2v) is 5.09. The summed E-state index contributed by atoms with van der Waals surface area (Å²) >= 11 is 0. The molecule has 2 atom stereocenters. The van der Waals surface area contributed by atoms with Crippen molar-refractivity contribution in [1.82, 2.24) is 10.1 Å². The number of rotatable bonds is 2. The number of anilines is 1. The minimum absolute atomic E-state index is 0.164. The van der Waals surface area contributed by atoms with Gasteiger partial charge in [-0.2, -0.15) is 4.98 Å². The zero-order chi connectivity index (χ0) is 12.4. The molecule has 0 spiro atoms. The highest BCUT2D eigenvalue weighted by Gasteiger charge is 2.29. The fraction of sp³-hybridized carbons (Fsp3) is 0.833. The summed E-state index contributed by atoms with van der Waals surface area (Å²) in [6, 6.07) is 0.164. The molecule has 6 heteroatoms. The molecule has 1 aromatic rings. The van der Waals surface area contributed by atoms with Crippen molar-refractivity contribution in [3.63, 3.8) is 0 Å². The van der Waals surface area contributed by atoms with Crippen LogP contribution in [0.3, 0.4) is 0 Å². The maximum Gasteiger partial charge on any atom is 0.266 e. The van der Waals surface area contributed by atoms with Gasteiger partial charge in [0.15, 0.2) is 0 Å². The van der Waals surface area contributed by atoms with E-state index in [4.69, 9.17) is 15.0 Å². The van der Waals surface area contributed by atoms with Crippen LogP contribution in [0.25, 0.3) is 0 Å². The van der Waals surface area contributed by atoms with Gasteiger partial charge in [0.2, 0.25) is 5.89 Å². The Labute approximate surface area is 106 Å². The molecule has 18 heavy (non-hydrogen) atoms. The lowest BCUT2D eigenvalue weighted by molar-refractivity contribution is 0.121. The highest BCUT2D eigenvalue weighted by molar-refractivity contribution is 5.28. The first-order valence-corrected chi connectivity index (χ1v) is 6.76. The van der Waals surface area contributed by atoms with Gasteiger partial charge in [0, 0.05) is 19.1 Å². The van der Waals surface area contributed by atoms with Crippen LogP contribution in [0.1, 0.15) is 37.5 Å². The van der Waals surface area contributed by atoms with E-state index >= 15 is 0 Å². The summed E-state index contributed by atoms with van der Waals surface area (Å²) in [6.07, 6.45) is 4.53. The van der Waals surface area contributed by atoms with Gasteiger partial charge in [-0.05, 0) is 18.0 Å². The molecule has 2 N–H and O–H groups in total. The summed E-state index contributed by atoms with van der Waals surface area (Å²) < 4.78 is 10.7. The fourth-order valence-corrected chi connectivity index (χ4v) is 2.74. The molecular weight excluding hydrogens is 232 g/mol. The van der Waals surface area contributed by atoms with Crippen molar-refractivity contribution in [1.29, 1.82) is 0 Å². The molecule has 1 aliphatic heterocycles. The second-order valence-electron chi connectivity index (χ2n) is 5.09. The molecule has 100 valence electrons.